The van der Waals surface area contributed by atoms with E-state index in [1.807, 2.05) is 106 Å². The minimum absolute atomic E-state index is 0.0836. The lowest BCUT2D eigenvalue weighted by Gasteiger charge is -2.40. The van der Waals surface area contributed by atoms with Crippen molar-refractivity contribution in [3.63, 3.8) is 0 Å². The van der Waals surface area contributed by atoms with Crippen LogP contribution < -0.4 is 20.7 Å². The number of carboxylic acid groups (broad SMARTS) is 1. The van der Waals surface area contributed by atoms with Gasteiger partial charge in [0.2, 0.25) is 29.5 Å². The third-order valence-electron chi connectivity index (χ3n) is 16.3. The number of nitrogens with zero attached hydrogens (tertiary/aromatic N) is 6. The molecule has 20 heteroatoms. The van der Waals surface area contributed by atoms with E-state index in [-0.39, 0.29) is 57.1 Å². The highest BCUT2D eigenvalue weighted by atomic mass is 35.5. The van der Waals surface area contributed by atoms with Gasteiger partial charge in [-0.25, -0.2) is 4.98 Å². The minimum atomic E-state index is -1.27. The van der Waals surface area contributed by atoms with Crippen molar-refractivity contribution in [1.82, 2.24) is 45.1 Å². The number of carbonyl (C=O) groups excluding carboxylic acids is 5. The molecule has 1 aliphatic heterocycles. The van der Waals surface area contributed by atoms with Crippen LogP contribution in [-0.2, 0) is 66.5 Å². The van der Waals surface area contributed by atoms with E-state index in [0.717, 1.165) is 41.1 Å². The smallest absolute Gasteiger partial charge is 0.306 e. The van der Waals surface area contributed by atoms with Crippen molar-refractivity contribution in [2.45, 2.75) is 127 Å². The highest BCUT2D eigenvalue weighted by Gasteiger charge is 2.40. The van der Waals surface area contributed by atoms with Gasteiger partial charge in [-0.05, 0) is 138 Å². The number of aromatic nitrogens is 2. The standard InChI is InChI=1S/C64H83Cl2N9O9/c1-8-44(64(81)82)30-32-67-31-14-19-55-61(78)70-53(41-83-7)63(80)72(4)50(34-43-20-25-48(65)26-21-43)37-59(76)69-52-17-12-13-18-54(52)74(6)62(79)47(33-42-15-10-9-11-16-42)35-60(77)75(55)39-46-22-27-49(66)36-57(46)84-51-28-23-45(24-29-51)56-38-68-58(73(56)5)40-71(2)3/h9-11,15-16,20-29,36,38,44,47,50,52-55,67H,8,12-14,17-19,30-35,37,39-41H2,1-7H3,(H,69,76)(H,70,78)(H,81,82)/t44?,47-,50+,52+,53+,54+,55+/m1/s1. The number of hydrogen-bond donors (Lipinski definition) is 4. The number of carbonyl (C=O) groups is 6. The zero-order chi connectivity index (χ0) is 60.5. The maximum absolute atomic E-state index is 15.9. The molecule has 0 spiro atoms. The molecule has 0 bridgehead atoms. The first-order valence-corrected chi connectivity index (χ1v) is 29.9. The number of amides is 5. The Balaban J connectivity index is 1.32. The van der Waals surface area contributed by atoms with Gasteiger partial charge in [-0.3, -0.25) is 28.8 Å². The van der Waals surface area contributed by atoms with Gasteiger partial charge >= 0.3 is 5.97 Å². The van der Waals surface area contributed by atoms with Gasteiger partial charge in [0.05, 0.1) is 49.5 Å². The van der Waals surface area contributed by atoms with Crippen molar-refractivity contribution in [1.29, 1.82) is 0 Å². The lowest BCUT2D eigenvalue weighted by atomic mass is 9.87. The summed E-state index contributed by atoms with van der Waals surface area (Å²) in [6.07, 6.45) is 6.11. The van der Waals surface area contributed by atoms with E-state index in [1.165, 1.54) is 16.9 Å². The van der Waals surface area contributed by atoms with Crippen LogP contribution in [0.25, 0.3) is 11.3 Å². The summed E-state index contributed by atoms with van der Waals surface area (Å²) >= 11 is 13.0. The van der Waals surface area contributed by atoms with Crippen LogP contribution in [-0.4, -0.2) is 155 Å². The van der Waals surface area contributed by atoms with Gasteiger partial charge in [-0.1, -0.05) is 91.5 Å². The first-order valence-electron chi connectivity index (χ1n) is 29.2. The van der Waals surface area contributed by atoms with Crippen LogP contribution in [0.3, 0.4) is 0 Å². The van der Waals surface area contributed by atoms with E-state index in [0.29, 0.717) is 78.8 Å². The number of benzene rings is 4. The van der Waals surface area contributed by atoms with Gasteiger partial charge in [0, 0.05) is 74.4 Å². The lowest BCUT2D eigenvalue weighted by molar-refractivity contribution is -0.148. The number of nitrogens with one attached hydrogen (secondary N) is 3. The molecule has 7 rings (SSSR count). The average molecular weight is 1190 g/mol. The molecule has 1 unspecified atom stereocenters. The number of hydrogen-bond acceptors (Lipinski definition) is 11. The Hall–Kier alpha value is -6.83. The first-order chi connectivity index (χ1) is 40.3. The Kier molecular flexibility index (Phi) is 24.2. The monoisotopic (exact) mass is 1190 g/mol. The van der Waals surface area contributed by atoms with Crippen molar-refractivity contribution in [2.75, 3.05) is 55.0 Å². The molecule has 1 aliphatic carbocycles. The molecule has 2 heterocycles. The molecule has 1 aromatic heterocycles. The highest BCUT2D eigenvalue weighted by molar-refractivity contribution is 6.31. The summed E-state index contributed by atoms with van der Waals surface area (Å²) < 4.78 is 14.3. The van der Waals surface area contributed by atoms with Crippen molar-refractivity contribution < 1.29 is 43.3 Å². The van der Waals surface area contributed by atoms with E-state index >= 15 is 19.2 Å². The zero-order valence-electron chi connectivity index (χ0n) is 49.5. The van der Waals surface area contributed by atoms with Gasteiger partial charge in [-0.2, -0.15) is 0 Å². The van der Waals surface area contributed by atoms with Crippen LogP contribution in [0.4, 0.5) is 0 Å². The summed E-state index contributed by atoms with van der Waals surface area (Å²) in [7, 11) is 10.7. The van der Waals surface area contributed by atoms with Gasteiger partial charge in [0.15, 0.2) is 0 Å². The summed E-state index contributed by atoms with van der Waals surface area (Å²) in [5.74, 6) is -2.84. The number of fused-ring (bicyclic) bond motifs is 1. The molecule has 4 N–H and O–H groups in total. The third-order valence-corrected chi connectivity index (χ3v) is 16.8. The number of halogens is 2. The molecule has 4 aromatic carbocycles. The summed E-state index contributed by atoms with van der Waals surface area (Å²) in [4.78, 5) is 99.5. The topological polar surface area (TPSA) is 208 Å². The zero-order valence-corrected chi connectivity index (χ0v) is 51.0. The van der Waals surface area contributed by atoms with Crippen molar-refractivity contribution in [3.05, 3.63) is 136 Å². The molecular weight excluding hydrogens is 1110 g/mol. The number of likely N-dealkylation sites (N-methyl/N-ethyl adjacent to an activating group) is 2. The number of aliphatic carboxylic acids is 1. The lowest BCUT2D eigenvalue weighted by Crippen LogP contribution is -2.59. The molecule has 2 aliphatic rings. The van der Waals surface area contributed by atoms with Crippen molar-refractivity contribution in [3.8, 4) is 22.8 Å². The predicted octanol–water partition coefficient (Wildman–Crippen LogP) is 8.56. The maximum Gasteiger partial charge on any atom is 0.306 e. The fourth-order valence-electron chi connectivity index (χ4n) is 11.5. The van der Waals surface area contributed by atoms with Crippen LogP contribution in [0, 0.1) is 11.8 Å². The molecule has 1 saturated carbocycles. The molecule has 0 radical (unpaired) electrons. The van der Waals surface area contributed by atoms with Crippen LogP contribution in [0.2, 0.25) is 10.0 Å². The van der Waals surface area contributed by atoms with E-state index in [1.54, 1.807) is 49.3 Å². The Morgan fingerprint density at radius 2 is 1.54 bits per heavy atom. The summed E-state index contributed by atoms with van der Waals surface area (Å²) in [6.45, 7) is 2.85. The highest BCUT2D eigenvalue weighted by Crippen LogP contribution is 2.34. The minimum Gasteiger partial charge on any atom is -0.481 e. The number of imidazole rings is 1. The Morgan fingerprint density at radius 1 is 0.833 bits per heavy atom. The molecule has 5 amide bonds. The van der Waals surface area contributed by atoms with Gasteiger partial charge in [-0.15, -0.1) is 0 Å². The van der Waals surface area contributed by atoms with E-state index in [9.17, 15) is 14.7 Å². The number of ether oxygens (including phenoxy) is 2. The molecule has 7 atom stereocenters. The molecule has 1 saturated heterocycles. The molecule has 84 heavy (non-hydrogen) atoms. The maximum atomic E-state index is 15.9. The summed E-state index contributed by atoms with van der Waals surface area (Å²) in [5, 5.41) is 20.2. The quantitative estimate of drug-likeness (QED) is 0.0481. The predicted molar refractivity (Wildman–Crippen MR) is 325 cm³/mol. The first kappa shape index (κ1) is 64.7. The fourth-order valence-corrected chi connectivity index (χ4v) is 11.7. The van der Waals surface area contributed by atoms with Gasteiger partial charge < -0.3 is 54.7 Å². The molecule has 452 valence electrons. The van der Waals surface area contributed by atoms with E-state index in [2.05, 4.69) is 25.8 Å². The molecule has 2 fully saturated rings. The second-order valence-electron chi connectivity index (χ2n) is 22.6. The summed E-state index contributed by atoms with van der Waals surface area (Å²) in [5.41, 5.74) is 4.01. The normalized spacial score (nSPS) is 20.9. The number of rotatable bonds is 22. The van der Waals surface area contributed by atoms with Gasteiger partial charge in [0.1, 0.15) is 29.4 Å². The van der Waals surface area contributed by atoms with Crippen LogP contribution >= 0.6 is 23.2 Å². The van der Waals surface area contributed by atoms with E-state index < -0.39 is 65.7 Å². The largest absolute Gasteiger partial charge is 0.481 e. The Labute approximate surface area is 504 Å². The molecule has 5 aromatic rings. The third kappa shape index (κ3) is 17.9. The number of carboxylic acids is 1. The van der Waals surface area contributed by atoms with Crippen LogP contribution in [0.5, 0.6) is 11.5 Å². The summed E-state index contributed by atoms with van der Waals surface area (Å²) in [6, 6.07) is 25.3. The molecule has 18 nitrogen and oxygen atoms in total. The van der Waals surface area contributed by atoms with Crippen molar-refractivity contribution >= 4 is 58.7 Å². The average Bonchev–Trinajstić information content (AvgIpc) is 3.87. The second-order valence-corrected chi connectivity index (χ2v) is 23.5. The number of methoxy groups -OCH3 is 1. The second kappa shape index (κ2) is 31.4. The Morgan fingerprint density at radius 3 is 2.23 bits per heavy atom. The van der Waals surface area contributed by atoms with Crippen LogP contribution in [0.1, 0.15) is 93.6 Å². The SMILES string of the molecule is CCC(CCNCCC[C@H]1C(=O)N[C@@H](COC)C(=O)N(C)[C@@H](Cc2ccc(Cl)cc2)CC(=O)N[C@H]2CCCC[C@@H]2N(C)C(=O)[C@H](Cc2ccccc2)CC(=O)N1Cc1ccc(Cl)cc1Oc1ccc(-c2cnc(CN(C)C)n2C)cc1)C(=O)O. The Bertz CT molecular complexity index is 3000. The fraction of sp³-hybridized carbons (Fsp3) is 0.484. The van der Waals surface area contributed by atoms with E-state index in [4.69, 9.17) is 32.7 Å². The molecular formula is C64H83Cl2N9O9. The van der Waals surface area contributed by atoms with Crippen molar-refractivity contribution in [2.24, 2.45) is 18.9 Å². The van der Waals surface area contributed by atoms with Crippen LogP contribution in [0.15, 0.2) is 103 Å². The van der Waals surface area contributed by atoms with Gasteiger partial charge in [0.25, 0.3) is 0 Å².